The Hall–Kier alpha value is -2.07. The first kappa shape index (κ1) is 12.9. The molecule has 1 heterocycles. The Morgan fingerprint density at radius 2 is 1.85 bits per heavy atom. The second kappa shape index (κ2) is 5.13. The summed E-state index contributed by atoms with van der Waals surface area (Å²) in [5, 5.41) is 1.99. The zero-order valence-electron chi connectivity index (χ0n) is 11.4. The molecule has 20 heavy (non-hydrogen) atoms. The van der Waals surface area contributed by atoms with Gasteiger partial charge >= 0.3 is 0 Å². The number of aromatic nitrogens is 2. The van der Waals surface area contributed by atoms with Crippen molar-refractivity contribution >= 4 is 28.4 Å². The summed E-state index contributed by atoms with van der Waals surface area (Å²) in [5.74, 6) is 0. The fourth-order valence-corrected chi connectivity index (χ4v) is 3.10. The summed E-state index contributed by atoms with van der Waals surface area (Å²) < 4.78 is 0. The maximum absolute atomic E-state index is 5.80. The average molecular weight is 281 g/mol. The van der Waals surface area contributed by atoms with Crippen LogP contribution in [0.5, 0.6) is 0 Å². The van der Waals surface area contributed by atoms with E-state index < -0.39 is 0 Å². The lowest BCUT2D eigenvalue weighted by Crippen LogP contribution is -1.90. The zero-order valence-corrected chi connectivity index (χ0v) is 12.2. The number of nitrogen functional groups attached to an aromatic ring is 1. The van der Waals surface area contributed by atoms with Gasteiger partial charge in [-0.25, -0.2) is 9.97 Å². The van der Waals surface area contributed by atoms with Crippen LogP contribution >= 0.6 is 11.8 Å². The number of nitrogens with zero attached hydrogens (tertiary/aromatic N) is 2. The van der Waals surface area contributed by atoms with Gasteiger partial charge in [-0.1, -0.05) is 29.5 Å². The molecule has 0 saturated carbocycles. The van der Waals surface area contributed by atoms with E-state index in [1.165, 1.54) is 16.0 Å². The van der Waals surface area contributed by atoms with E-state index in [9.17, 15) is 0 Å². The van der Waals surface area contributed by atoms with E-state index >= 15 is 0 Å². The molecule has 2 aromatic carbocycles. The number of anilines is 1. The highest BCUT2D eigenvalue weighted by Gasteiger charge is 2.07. The van der Waals surface area contributed by atoms with E-state index in [-0.39, 0.29) is 0 Å². The van der Waals surface area contributed by atoms with Crippen LogP contribution in [0.25, 0.3) is 10.9 Å². The Bertz CT molecular complexity index is 784. The van der Waals surface area contributed by atoms with Crippen LogP contribution in [0.15, 0.2) is 52.6 Å². The van der Waals surface area contributed by atoms with Crippen molar-refractivity contribution < 1.29 is 0 Å². The third-order valence-electron chi connectivity index (χ3n) is 3.16. The second-order valence-corrected chi connectivity index (χ2v) is 5.86. The van der Waals surface area contributed by atoms with E-state index in [4.69, 9.17) is 5.73 Å². The third kappa shape index (κ3) is 2.47. The van der Waals surface area contributed by atoms with Gasteiger partial charge in [0.2, 0.25) is 0 Å². The molecular weight excluding hydrogens is 266 g/mol. The SMILES string of the molecule is Cc1ccc(Sc2ncnc3cc(N)ccc23)c(C)c1. The number of nitrogens with two attached hydrogens (primary N) is 1. The molecule has 0 radical (unpaired) electrons. The first-order valence-corrected chi connectivity index (χ1v) is 7.20. The quantitative estimate of drug-likeness (QED) is 0.570. The largest absolute Gasteiger partial charge is 0.399 e. The van der Waals surface area contributed by atoms with Crippen molar-refractivity contribution in [1.82, 2.24) is 9.97 Å². The molecule has 3 nitrogen and oxygen atoms in total. The monoisotopic (exact) mass is 281 g/mol. The number of hydrogen-bond donors (Lipinski definition) is 1. The van der Waals surface area contributed by atoms with Crippen LogP contribution in [-0.4, -0.2) is 9.97 Å². The molecule has 2 N–H and O–H groups in total. The van der Waals surface area contributed by atoms with E-state index in [1.54, 1.807) is 18.1 Å². The maximum Gasteiger partial charge on any atom is 0.117 e. The highest BCUT2D eigenvalue weighted by molar-refractivity contribution is 7.99. The van der Waals surface area contributed by atoms with Crippen molar-refractivity contribution in [3.8, 4) is 0 Å². The number of aryl methyl sites for hydroxylation is 2. The topological polar surface area (TPSA) is 51.8 Å². The van der Waals surface area contributed by atoms with E-state index in [0.717, 1.165) is 21.6 Å². The summed E-state index contributed by atoms with van der Waals surface area (Å²) in [7, 11) is 0. The Labute approximate surface area is 122 Å². The van der Waals surface area contributed by atoms with E-state index in [0.29, 0.717) is 0 Å². The van der Waals surface area contributed by atoms with Crippen molar-refractivity contribution in [2.45, 2.75) is 23.8 Å². The lowest BCUT2D eigenvalue weighted by Gasteiger charge is -2.08. The highest BCUT2D eigenvalue weighted by Crippen LogP contribution is 2.33. The lowest BCUT2D eigenvalue weighted by atomic mass is 10.2. The zero-order chi connectivity index (χ0) is 14.1. The molecule has 0 saturated heterocycles. The minimum absolute atomic E-state index is 0.721. The van der Waals surface area contributed by atoms with Crippen molar-refractivity contribution in [1.29, 1.82) is 0 Å². The van der Waals surface area contributed by atoms with Gasteiger partial charge in [-0.2, -0.15) is 0 Å². The van der Waals surface area contributed by atoms with Gasteiger partial charge in [0, 0.05) is 16.0 Å². The van der Waals surface area contributed by atoms with Crippen LogP contribution in [-0.2, 0) is 0 Å². The second-order valence-electron chi connectivity index (χ2n) is 4.83. The maximum atomic E-state index is 5.80. The Morgan fingerprint density at radius 1 is 1.00 bits per heavy atom. The van der Waals surface area contributed by atoms with Gasteiger partial charge < -0.3 is 5.73 Å². The minimum atomic E-state index is 0.721. The summed E-state index contributed by atoms with van der Waals surface area (Å²) in [6.45, 7) is 4.22. The smallest absolute Gasteiger partial charge is 0.117 e. The van der Waals surface area contributed by atoms with Crippen molar-refractivity contribution in [2.75, 3.05) is 5.73 Å². The molecule has 0 amide bonds. The Kier molecular flexibility index (Phi) is 3.32. The molecule has 100 valence electrons. The number of hydrogen-bond acceptors (Lipinski definition) is 4. The van der Waals surface area contributed by atoms with Gasteiger partial charge in [0.1, 0.15) is 11.4 Å². The van der Waals surface area contributed by atoms with Gasteiger partial charge in [-0.15, -0.1) is 0 Å². The molecule has 0 bridgehead atoms. The fourth-order valence-electron chi connectivity index (χ4n) is 2.15. The number of rotatable bonds is 2. The predicted molar refractivity (Wildman–Crippen MR) is 84.0 cm³/mol. The standard InChI is InChI=1S/C16H15N3S/c1-10-3-6-15(11(2)7-10)20-16-13-5-4-12(17)8-14(13)18-9-19-16/h3-9H,17H2,1-2H3. The lowest BCUT2D eigenvalue weighted by molar-refractivity contribution is 1.10. The molecule has 0 spiro atoms. The van der Waals surface area contributed by atoms with Gasteiger partial charge in [-0.3, -0.25) is 0 Å². The van der Waals surface area contributed by atoms with Crippen LogP contribution in [0.4, 0.5) is 5.69 Å². The third-order valence-corrected chi connectivity index (χ3v) is 4.36. The molecule has 0 aliphatic rings. The Balaban J connectivity index is 2.06. The number of fused-ring (bicyclic) bond motifs is 1. The minimum Gasteiger partial charge on any atom is -0.399 e. The van der Waals surface area contributed by atoms with Gasteiger partial charge in [0.15, 0.2) is 0 Å². The molecule has 0 aliphatic heterocycles. The fraction of sp³-hybridized carbons (Fsp3) is 0.125. The van der Waals surface area contributed by atoms with Crippen LogP contribution in [0.2, 0.25) is 0 Å². The van der Waals surface area contributed by atoms with Gasteiger partial charge in [-0.05, 0) is 43.7 Å². The van der Waals surface area contributed by atoms with Crippen LogP contribution < -0.4 is 5.73 Å². The summed E-state index contributed by atoms with van der Waals surface area (Å²) in [6.07, 6.45) is 1.59. The highest BCUT2D eigenvalue weighted by atomic mass is 32.2. The molecule has 0 atom stereocenters. The van der Waals surface area contributed by atoms with Gasteiger partial charge in [0.05, 0.1) is 5.52 Å². The first-order chi connectivity index (χ1) is 9.63. The molecule has 0 aliphatic carbocycles. The molecule has 1 aromatic heterocycles. The summed E-state index contributed by atoms with van der Waals surface area (Å²) in [5.41, 5.74) is 9.93. The van der Waals surface area contributed by atoms with Gasteiger partial charge in [0.25, 0.3) is 0 Å². The first-order valence-electron chi connectivity index (χ1n) is 6.39. The van der Waals surface area contributed by atoms with Crippen LogP contribution in [0, 0.1) is 13.8 Å². The molecule has 4 heteroatoms. The summed E-state index contributed by atoms with van der Waals surface area (Å²) in [4.78, 5) is 9.90. The molecular formula is C16H15N3S. The normalized spacial score (nSPS) is 10.9. The number of benzene rings is 2. The van der Waals surface area contributed by atoms with Crippen LogP contribution in [0.1, 0.15) is 11.1 Å². The Morgan fingerprint density at radius 3 is 2.65 bits per heavy atom. The predicted octanol–water partition coefficient (Wildman–Crippen LogP) is 3.98. The van der Waals surface area contributed by atoms with Crippen molar-refractivity contribution in [3.05, 3.63) is 53.9 Å². The van der Waals surface area contributed by atoms with Crippen molar-refractivity contribution in [3.63, 3.8) is 0 Å². The summed E-state index contributed by atoms with van der Waals surface area (Å²) >= 11 is 1.67. The molecule has 3 aromatic rings. The molecule has 0 fully saturated rings. The van der Waals surface area contributed by atoms with Crippen LogP contribution in [0.3, 0.4) is 0 Å². The summed E-state index contributed by atoms with van der Waals surface area (Å²) in [6, 6.07) is 12.2. The molecule has 3 rings (SSSR count). The molecule has 0 unspecified atom stereocenters. The average Bonchev–Trinajstić information content (AvgIpc) is 2.41. The van der Waals surface area contributed by atoms with E-state index in [1.807, 2.05) is 18.2 Å². The van der Waals surface area contributed by atoms with Crippen molar-refractivity contribution in [2.24, 2.45) is 0 Å². The van der Waals surface area contributed by atoms with E-state index in [2.05, 4.69) is 42.0 Å².